The minimum atomic E-state index is -0.194. The Hall–Kier alpha value is -2.10. The van der Waals surface area contributed by atoms with Crippen LogP contribution >= 0.6 is 24.0 Å². The van der Waals surface area contributed by atoms with Crippen molar-refractivity contribution in [3.63, 3.8) is 0 Å². The molecule has 0 aliphatic carbocycles. The van der Waals surface area contributed by atoms with Gasteiger partial charge < -0.3 is 20.0 Å². The maximum Gasteiger partial charge on any atom is 0.194 e. The summed E-state index contributed by atoms with van der Waals surface area (Å²) >= 11 is 0. The van der Waals surface area contributed by atoms with Gasteiger partial charge in [-0.2, -0.15) is 0 Å². The summed E-state index contributed by atoms with van der Waals surface area (Å²) in [6.45, 7) is 6.47. The van der Waals surface area contributed by atoms with Crippen LogP contribution in [-0.2, 0) is 6.54 Å². The van der Waals surface area contributed by atoms with Crippen LogP contribution in [-0.4, -0.2) is 62.2 Å². The first-order valence-corrected chi connectivity index (χ1v) is 10.4. The van der Waals surface area contributed by atoms with Crippen molar-refractivity contribution in [1.29, 1.82) is 0 Å². The quantitative estimate of drug-likeness (QED) is 0.378. The van der Waals surface area contributed by atoms with Crippen LogP contribution in [0.1, 0.15) is 18.4 Å². The van der Waals surface area contributed by atoms with Crippen LogP contribution in [0.4, 0.5) is 15.9 Å². The molecule has 3 heterocycles. The van der Waals surface area contributed by atoms with Crippen LogP contribution < -0.4 is 15.1 Å². The smallest absolute Gasteiger partial charge is 0.194 e. The lowest BCUT2D eigenvalue weighted by Crippen LogP contribution is -2.52. The third-order valence-electron chi connectivity index (χ3n) is 5.67. The maximum absolute atomic E-state index is 13.1. The average Bonchev–Trinajstić information content (AvgIpc) is 3.31. The molecule has 1 aromatic heterocycles. The van der Waals surface area contributed by atoms with E-state index in [0.717, 1.165) is 63.3 Å². The number of aromatic nitrogens is 1. The summed E-state index contributed by atoms with van der Waals surface area (Å²) in [5, 5.41) is 3.50. The fraction of sp³-hybridized carbons (Fsp3) is 0.455. The minimum absolute atomic E-state index is 0. The van der Waals surface area contributed by atoms with Crippen LogP contribution in [0.25, 0.3) is 0 Å². The average molecular weight is 524 g/mol. The normalized spacial score (nSPS) is 17.1. The number of piperazine rings is 1. The summed E-state index contributed by atoms with van der Waals surface area (Å²) in [7, 11) is 1.83. The van der Waals surface area contributed by atoms with Gasteiger partial charge in [0.1, 0.15) is 11.6 Å². The molecule has 2 aliphatic heterocycles. The first-order valence-electron chi connectivity index (χ1n) is 10.4. The molecule has 30 heavy (non-hydrogen) atoms. The van der Waals surface area contributed by atoms with Gasteiger partial charge in [0.15, 0.2) is 5.96 Å². The van der Waals surface area contributed by atoms with E-state index in [9.17, 15) is 4.39 Å². The van der Waals surface area contributed by atoms with Crippen LogP contribution in [0.5, 0.6) is 0 Å². The van der Waals surface area contributed by atoms with E-state index in [1.807, 2.05) is 25.4 Å². The molecule has 0 bridgehead atoms. The number of halogens is 2. The molecule has 2 aliphatic rings. The van der Waals surface area contributed by atoms with Crippen molar-refractivity contribution in [2.45, 2.75) is 19.4 Å². The van der Waals surface area contributed by atoms with Gasteiger partial charge in [0, 0.05) is 64.7 Å². The highest BCUT2D eigenvalue weighted by Gasteiger charge is 2.20. The highest BCUT2D eigenvalue weighted by atomic mass is 127. The number of anilines is 2. The minimum Gasteiger partial charge on any atom is -0.368 e. The fourth-order valence-electron chi connectivity index (χ4n) is 4.03. The van der Waals surface area contributed by atoms with Crippen molar-refractivity contribution >= 4 is 41.4 Å². The Morgan fingerprint density at radius 1 is 1.00 bits per heavy atom. The van der Waals surface area contributed by atoms with E-state index < -0.39 is 0 Å². The van der Waals surface area contributed by atoms with Gasteiger partial charge in [0.05, 0.1) is 0 Å². The first-order chi connectivity index (χ1) is 14.2. The Labute approximate surface area is 195 Å². The van der Waals surface area contributed by atoms with Crippen molar-refractivity contribution in [2.24, 2.45) is 4.99 Å². The van der Waals surface area contributed by atoms with Crippen molar-refractivity contribution in [1.82, 2.24) is 15.2 Å². The van der Waals surface area contributed by atoms with E-state index in [4.69, 9.17) is 0 Å². The Bertz CT molecular complexity index is 830. The Morgan fingerprint density at radius 3 is 2.37 bits per heavy atom. The van der Waals surface area contributed by atoms with E-state index in [0.29, 0.717) is 0 Å². The summed E-state index contributed by atoms with van der Waals surface area (Å²) in [5.41, 5.74) is 2.29. The van der Waals surface area contributed by atoms with Gasteiger partial charge in [-0.25, -0.2) is 9.37 Å². The van der Waals surface area contributed by atoms with Gasteiger partial charge >= 0.3 is 0 Å². The highest BCUT2D eigenvalue weighted by Crippen LogP contribution is 2.19. The highest BCUT2D eigenvalue weighted by molar-refractivity contribution is 14.0. The summed E-state index contributed by atoms with van der Waals surface area (Å²) in [6.07, 6.45) is 4.40. The molecule has 4 rings (SSSR count). The number of rotatable bonds is 4. The number of pyridine rings is 1. The predicted molar refractivity (Wildman–Crippen MR) is 131 cm³/mol. The van der Waals surface area contributed by atoms with E-state index >= 15 is 0 Å². The molecule has 0 spiro atoms. The van der Waals surface area contributed by atoms with Crippen LogP contribution in [0, 0.1) is 5.82 Å². The molecule has 0 saturated carbocycles. The molecule has 1 aromatic carbocycles. The van der Waals surface area contributed by atoms with Crippen molar-refractivity contribution in [3.05, 3.63) is 54.0 Å². The molecule has 0 amide bonds. The summed E-state index contributed by atoms with van der Waals surface area (Å²) < 4.78 is 13.1. The molecule has 162 valence electrons. The van der Waals surface area contributed by atoms with Crippen molar-refractivity contribution in [2.75, 3.05) is 56.1 Å². The molecule has 0 radical (unpaired) electrons. The second-order valence-corrected chi connectivity index (χ2v) is 7.57. The summed E-state index contributed by atoms with van der Waals surface area (Å²) in [4.78, 5) is 15.9. The Morgan fingerprint density at radius 2 is 1.70 bits per heavy atom. The Kier molecular flexibility index (Phi) is 8.12. The van der Waals surface area contributed by atoms with E-state index in [1.54, 1.807) is 0 Å². The number of hydrogen-bond donors (Lipinski definition) is 1. The predicted octanol–water partition coefficient (Wildman–Crippen LogP) is 3.34. The molecule has 6 nitrogen and oxygen atoms in total. The van der Waals surface area contributed by atoms with E-state index in [2.05, 4.69) is 42.1 Å². The SMILES string of the molecule is CN=C(NCc1ccnc(N2CCCC2)c1)N1CCN(c2ccc(F)cc2)CC1.I. The standard InChI is InChI=1S/C22H29FN6.HI/c1-24-22(26-17-18-8-9-25-21(16-18)28-10-2-3-11-28)29-14-12-27(13-15-29)20-6-4-19(23)5-7-20;/h4-9,16H,2-3,10-15,17H2,1H3,(H,24,26);1H. The van der Waals surface area contributed by atoms with Crippen molar-refractivity contribution in [3.8, 4) is 0 Å². The number of nitrogens with one attached hydrogen (secondary N) is 1. The van der Waals surface area contributed by atoms with Gasteiger partial charge in [0.2, 0.25) is 0 Å². The van der Waals surface area contributed by atoms with Crippen LogP contribution in [0.2, 0.25) is 0 Å². The molecule has 0 unspecified atom stereocenters. The topological polar surface area (TPSA) is 47.0 Å². The number of nitrogens with zero attached hydrogens (tertiary/aromatic N) is 5. The lowest BCUT2D eigenvalue weighted by Gasteiger charge is -2.37. The second-order valence-electron chi connectivity index (χ2n) is 7.57. The molecular weight excluding hydrogens is 494 g/mol. The maximum atomic E-state index is 13.1. The zero-order valence-electron chi connectivity index (χ0n) is 17.4. The lowest BCUT2D eigenvalue weighted by molar-refractivity contribution is 0.372. The third-order valence-corrected chi connectivity index (χ3v) is 5.67. The second kappa shape index (κ2) is 10.8. The Balaban J connectivity index is 0.00000256. The molecule has 2 aromatic rings. The van der Waals surface area contributed by atoms with Crippen LogP contribution in [0.15, 0.2) is 47.6 Å². The molecule has 2 fully saturated rings. The van der Waals surface area contributed by atoms with Gasteiger partial charge in [-0.15, -0.1) is 24.0 Å². The first kappa shape index (κ1) is 22.6. The van der Waals surface area contributed by atoms with Gasteiger partial charge in [-0.3, -0.25) is 4.99 Å². The van der Waals surface area contributed by atoms with E-state index in [1.165, 1.54) is 30.5 Å². The zero-order chi connectivity index (χ0) is 20.1. The molecular formula is C22H30FIN6. The van der Waals surface area contributed by atoms with Gasteiger partial charge in [0.25, 0.3) is 0 Å². The number of guanidine groups is 1. The zero-order valence-corrected chi connectivity index (χ0v) is 19.8. The summed E-state index contributed by atoms with van der Waals surface area (Å²) in [5.74, 6) is 1.80. The number of benzene rings is 1. The molecule has 1 N–H and O–H groups in total. The molecule has 0 atom stereocenters. The largest absolute Gasteiger partial charge is 0.368 e. The van der Waals surface area contributed by atoms with E-state index in [-0.39, 0.29) is 29.8 Å². The van der Waals surface area contributed by atoms with Crippen molar-refractivity contribution < 1.29 is 4.39 Å². The van der Waals surface area contributed by atoms with Gasteiger partial charge in [-0.1, -0.05) is 0 Å². The lowest BCUT2D eigenvalue weighted by atomic mass is 10.2. The number of hydrogen-bond acceptors (Lipinski definition) is 4. The molecule has 8 heteroatoms. The van der Waals surface area contributed by atoms with Crippen LogP contribution in [0.3, 0.4) is 0 Å². The van der Waals surface area contributed by atoms with Gasteiger partial charge in [-0.05, 0) is 54.8 Å². The number of aliphatic imine (C=N–C) groups is 1. The monoisotopic (exact) mass is 524 g/mol. The third kappa shape index (κ3) is 5.53. The molecule has 2 saturated heterocycles. The fourth-order valence-corrected chi connectivity index (χ4v) is 4.03. The summed E-state index contributed by atoms with van der Waals surface area (Å²) in [6, 6.07) is 11.0.